The van der Waals surface area contributed by atoms with E-state index in [0.717, 1.165) is 5.69 Å². The first-order valence-corrected chi connectivity index (χ1v) is 3.05. The van der Waals surface area contributed by atoms with Gasteiger partial charge in [0.25, 0.3) is 0 Å². The number of rotatable bonds is 2. The second-order valence-corrected chi connectivity index (χ2v) is 1.89. The van der Waals surface area contributed by atoms with Gasteiger partial charge in [-0.3, -0.25) is 0 Å². The van der Waals surface area contributed by atoms with Crippen LogP contribution in [0.3, 0.4) is 0 Å². The van der Waals surface area contributed by atoms with Crippen molar-refractivity contribution >= 4 is 5.95 Å². The van der Waals surface area contributed by atoms with Gasteiger partial charge in [-0.15, -0.1) is 6.57 Å². The van der Waals surface area contributed by atoms with Crippen molar-refractivity contribution in [3.8, 4) is 0 Å². The summed E-state index contributed by atoms with van der Waals surface area (Å²) in [4.78, 5) is 10.7. The molecule has 0 spiro atoms. The zero-order valence-corrected chi connectivity index (χ0v) is 6.11. The summed E-state index contributed by atoms with van der Waals surface area (Å²) in [6.45, 7) is 7.05. The van der Waals surface area contributed by atoms with Gasteiger partial charge in [-0.2, -0.15) is 9.97 Å². The Morgan fingerprint density at radius 2 is 2.55 bits per heavy atom. The molecule has 0 aliphatic heterocycles. The predicted octanol–water partition coefficient (Wildman–Crippen LogP) is 1.17. The van der Waals surface area contributed by atoms with E-state index < -0.39 is 0 Å². The predicted molar refractivity (Wildman–Crippen MR) is 39.0 cm³/mol. The van der Waals surface area contributed by atoms with Crippen molar-refractivity contribution in [3.05, 3.63) is 29.4 Å². The first-order chi connectivity index (χ1) is 5.36. The van der Waals surface area contributed by atoms with Gasteiger partial charge in [-0.25, -0.2) is 0 Å². The summed E-state index contributed by atoms with van der Waals surface area (Å²) in [5.41, 5.74) is 0.730. The van der Waals surface area contributed by atoms with Crippen LogP contribution in [0.25, 0.3) is 4.85 Å². The fourth-order valence-electron chi connectivity index (χ4n) is 0.667. The minimum Gasteiger partial charge on any atom is -0.394 e. The van der Waals surface area contributed by atoms with E-state index in [1.807, 2.05) is 0 Å². The second kappa shape index (κ2) is 3.64. The molecule has 56 valence electrons. The van der Waals surface area contributed by atoms with Crippen LogP contribution < -0.4 is 0 Å². The molecule has 0 N–H and O–H groups in total. The van der Waals surface area contributed by atoms with Crippen LogP contribution in [-0.2, 0) is 11.3 Å². The van der Waals surface area contributed by atoms with Crippen LogP contribution in [0.5, 0.6) is 0 Å². The molecular weight excluding hydrogens is 142 g/mol. The van der Waals surface area contributed by atoms with Gasteiger partial charge in [0.2, 0.25) is 0 Å². The highest BCUT2D eigenvalue weighted by Gasteiger charge is 1.98. The summed E-state index contributed by atoms with van der Waals surface area (Å²) in [6.07, 6.45) is 1.55. The van der Waals surface area contributed by atoms with E-state index in [2.05, 4.69) is 14.8 Å². The van der Waals surface area contributed by atoms with Crippen LogP contribution in [0, 0.1) is 6.57 Å². The lowest BCUT2D eigenvalue weighted by molar-refractivity contribution is 0.181. The van der Waals surface area contributed by atoms with Crippen molar-refractivity contribution in [3.63, 3.8) is 0 Å². The summed E-state index contributed by atoms with van der Waals surface area (Å²) in [5, 5.41) is 0. The van der Waals surface area contributed by atoms with E-state index >= 15 is 0 Å². The largest absolute Gasteiger partial charge is 0.394 e. The van der Waals surface area contributed by atoms with E-state index in [4.69, 9.17) is 11.3 Å². The Morgan fingerprint density at radius 3 is 3.18 bits per heavy atom. The number of nitrogens with zero attached hydrogens (tertiary/aromatic N) is 3. The van der Waals surface area contributed by atoms with Crippen molar-refractivity contribution in [1.29, 1.82) is 0 Å². The average molecular weight is 149 g/mol. The molecule has 0 saturated heterocycles. The Bertz CT molecular complexity index is 279. The Hall–Kier alpha value is -1.47. The molecule has 0 aromatic carbocycles. The molecule has 1 aromatic heterocycles. The number of aromatic nitrogens is 2. The lowest BCUT2D eigenvalue weighted by Gasteiger charge is -1.93. The van der Waals surface area contributed by atoms with E-state index in [9.17, 15) is 0 Å². The molecule has 0 atom stereocenters. The number of hydrogen-bond donors (Lipinski definition) is 0. The highest BCUT2D eigenvalue weighted by Crippen LogP contribution is 2.03. The number of hydrogen-bond acceptors (Lipinski definition) is 3. The van der Waals surface area contributed by atoms with Crippen LogP contribution in [0.15, 0.2) is 12.3 Å². The summed E-state index contributed by atoms with van der Waals surface area (Å²) >= 11 is 0. The van der Waals surface area contributed by atoms with Gasteiger partial charge in [0.15, 0.2) is 0 Å². The van der Waals surface area contributed by atoms with Crippen LogP contribution in [0.2, 0.25) is 0 Å². The Morgan fingerprint density at radius 1 is 1.73 bits per heavy atom. The minimum absolute atomic E-state index is 0.166. The van der Waals surface area contributed by atoms with Crippen molar-refractivity contribution in [1.82, 2.24) is 9.97 Å². The molecule has 1 aromatic rings. The number of methoxy groups -OCH3 is 1. The SMILES string of the molecule is [C-]#[N+]c1nccc(COC)n1. The van der Waals surface area contributed by atoms with Gasteiger partial charge < -0.3 is 9.58 Å². The standard InChI is InChI=1S/C7H7N3O/c1-8-7-9-4-3-6(10-7)5-11-2/h3-4H,5H2,2H3. The van der Waals surface area contributed by atoms with Gasteiger partial charge in [0.1, 0.15) is 12.3 Å². The van der Waals surface area contributed by atoms with Crippen LogP contribution in [-0.4, -0.2) is 17.1 Å². The molecule has 4 nitrogen and oxygen atoms in total. The second-order valence-electron chi connectivity index (χ2n) is 1.89. The molecule has 1 heterocycles. The molecule has 0 fully saturated rings. The average Bonchev–Trinajstić information content (AvgIpc) is 2.06. The van der Waals surface area contributed by atoms with Gasteiger partial charge in [-0.1, -0.05) is 0 Å². The van der Waals surface area contributed by atoms with E-state index in [-0.39, 0.29) is 5.95 Å². The maximum atomic E-state index is 6.63. The van der Waals surface area contributed by atoms with Crippen LogP contribution in [0.1, 0.15) is 5.69 Å². The fourth-order valence-corrected chi connectivity index (χ4v) is 0.667. The quantitative estimate of drug-likeness (QED) is 0.592. The Kier molecular flexibility index (Phi) is 2.53. The first-order valence-electron chi connectivity index (χ1n) is 3.05. The molecule has 0 amide bonds. The maximum absolute atomic E-state index is 6.63. The van der Waals surface area contributed by atoms with E-state index in [0.29, 0.717) is 6.61 Å². The van der Waals surface area contributed by atoms with E-state index in [1.54, 1.807) is 19.4 Å². The summed E-state index contributed by atoms with van der Waals surface area (Å²) in [6, 6.07) is 1.72. The molecule has 0 aliphatic rings. The molecule has 0 aliphatic carbocycles. The third-order valence-electron chi connectivity index (χ3n) is 1.09. The first kappa shape index (κ1) is 7.63. The topological polar surface area (TPSA) is 39.4 Å². The van der Waals surface area contributed by atoms with Crippen molar-refractivity contribution in [2.75, 3.05) is 7.11 Å². The maximum Gasteiger partial charge on any atom is 0.371 e. The smallest absolute Gasteiger partial charge is 0.371 e. The molecule has 0 radical (unpaired) electrons. The minimum atomic E-state index is 0.166. The lowest BCUT2D eigenvalue weighted by Crippen LogP contribution is -1.91. The van der Waals surface area contributed by atoms with Crippen LogP contribution in [0.4, 0.5) is 5.95 Å². The molecule has 0 unspecified atom stereocenters. The summed E-state index contributed by atoms with van der Waals surface area (Å²) in [5.74, 6) is 0.166. The molecule has 0 bridgehead atoms. The van der Waals surface area contributed by atoms with Crippen molar-refractivity contribution < 1.29 is 4.74 Å². The van der Waals surface area contributed by atoms with Crippen molar-refractivity contribution in [2.24, 2.45) is 0 Å². The Balaban J connectivity index is 2.85. The normalized spacial score (nSPS) is 9.09. The molecular formula is C7H7N3O. The molecule has 0 saturated carbocycles. The highest BCUT2D eigenvalue weighted by molar-refractivity contribution is 5.25. The zero-order valence-electron chi connectivity index (χ0n) is 6.11. The van der Waals surface area contributed by atoms with Gasteiger partial charge in [0, 0.05) is 13.2 Å². The van der Waals surface area contributed by atoms with Gasteiger partial charge in [-0.05, 0) is 0 Å². The summed E-state index contributed by atoms with van der Waals surface area (Å²) in [7, 11) is 1.58. The lowest BCUT2D eigenvalue weighted by atomic mass is 10.4. The zero-order chi connectivity index (χ0) is 8.10. The third-order valence-corrected chi connectivity index (χ3v) is 1.09. The molecule has 1 rings (SSSR count). The van der Waals surface area contributed by atoms with E-state index in [1.165, 1.54) is 0 Å². The summed E-state index contributed by atoms with van der Waals surface area (Å²) < 4.78 is 4.83. The third kappa shape index (κ3) is 1.99. The fraction of sp³-hybridized carbons (Fsp3) is 0.286. The van der Waals surface area contributed by atoms with Crippen LogP contribution >= 0.6 is 0 Å². The molecule has 4 heteroatoms. The Labute approximate surface area is 64.7 Å². The van der Waals surface area contributed by atoms with Gasteiger partial charge in [0.05, 0.1) is 6.20 Å². The number of ether oxygens (including phenoxy) is 1. The van der Waals surface area contributed by atoms with Crippen molar-refractivity contribution in [2.45, 2.75) is 6.61 Å². The molecule has 11 heavy (non-hydrogen) atoms. The highest BCUT2D eigenvalue weighted by atomic mass is 16.5. The monoisotopic (exact) mass is 149 g/mol. The van der Waals surface area contributed by atoms with Gasteiger partial charge >= 0.3 is 5.95 Å².